The van der Waals surface area contributed by atoms with Crippen molar-refractivity contribution in [2.45, 2.75) is 64.5 Å². The number of rotatable bonds is 5. The number of hydrogen-bond donors (Lipinski definition) is 1. The third kappa shape index (κ3) is 4.51. The Bertz CT molecular complexity index is 1260. The van der Waals surface area contributed by atoms with Gasteiger partial charge in [-0.25, -0.2) is 15.0 Å². The van der Waals surface area contributed by atoms with Crippen molar-refractivity contribution in [1.82, 2.24) is 19.5 Å². The molecule has 32 heavy (non-hydrogen) atoms. The molecule has 6 heteroatoms. The standard InChI is InChI=1S/C26H30BrN5/c1-26(2,3)31-24-9-7-19-13-22(27)18(14-23(19)30-24)6-4-17-5-8-21(12-17)32-11-10-20-15-28-16-29-25(20)32/h7,9-11,13-17,21H,4-6,8,12H2,1-3H3,(H,30,31). The summed E-state index contributed by atoms with van der Waals surface area (Å²) >= 11 is 3.80. The topological polar surface area (TPSA) is 55.6 Å². The second-order valence-electron chi connectivity index (χ2n) is 10.1. The summed E-state index contributed by atoms with van der Waals surface area (Å²) in [4.78, 5) is 13.5. The monoisotopic (exact) mass is 491 g/mol. The van der Waals surface area contributed by atoms with Gasteiger partial charge in [-0.15, -0.1) is 0 Å². The van der Waals surface area contributed by atoms with E-state index >= 15 is 0 Å². The summed E-state index contributed by atoms with van der Waals surface area (Å²) in [5, 5.41) is 5.78. The molecular weight excluding hydrogens is 462 g/mol. The van der Waals surface area contributed by atoms with Gasteiger partial charge in [0.1, 0.15) is 17.8 Å². The maximum absolute atomic E-state index is 4.87. The number of aryl methyl sites for hydroxylation is 1. The van der Waals surface area contributed by atoms with Crippen molar-refractivity contribution in [1.29, 1.82) is 0 Å². The zero-order valence-electron chi connectivity index (χ0n) is 19.0. The Hall–Kier alpha value is -2.47. The molecule has 3 heterocycles. The number of pyridine rings is 1. The molecule has 166 valence electrons. The Labute approximate surface area is 197 Å². The van der Waals surface area contributed by atoms with Gasteiger partial charge in [0.15, 0.2) is 0 Å². The molecule has 5 nitrogen and oxygen atoms in total. The lowest BCUT2D eigenvalue weighted by Crippen LogP contribution is -2.26. The summed E-state index contributed by atoms with van der Waals surface area (Å²) in [7, 11) is 0. The fourth-order valence-electron chi connectivity index (χ4n) is 4.95. The first kappa shape index (κ1) is 21.4. The van der Waals surface area contributed by atoms with Crippen molar-refractivity contribution in [3.63, 3.8) is 0 Å². The number of fused-ring (bicyclic) bond motifs is 2. The van der Waals surface area contributed by atoms with Gasteiger partial charge in [0, 0.05) is 39.2 Å². The number of aromatic nitrogens is 4. The van der Waals surface area contributed by atoms with E-state index < -0.39 is 0 Å². The highest BCUT2D eigenvalue weighted by Gasteiger charge is 2.27. The van der Waals surface area contributed by atoms with Gasteiger partial charge in [0.2, 0.25) is 0 Å². The van der Waals surface area contributed by atoms with Crippen LogP contribution in [0.1, 0.15) is 58.1 Å². The van der Waals surface area contributed by atoms with E-state index in [0.29, 0.717) is 6.04 Å². The second kappa shape index (κ2) is 8.47. The van der Waals surface area contributed by atoms with E-state index in [-0.39, 0.29) is 5.54 Å². The third-order valence-corrected chi connectivity index (χ3v) is 7.21. The Morgan fingerprint density at radius 1 is 1.12 bits per heavy atom. The number of nitrogens with zero attached hydrogens (tertiary/aromatic N) is 4. The van der Waals surface area contributed by atoms with Gasteiger partial charge in [-0.1, -0.05) is 15.9 Å². The molecule has 1 aromatic carbocycles. The largest absolute Gasteiger partial charge is 0.365 e. The molecule has 3 aromatic heterocycles. The quantitative estimate of drug-likeness (QED) is 0.328. The number of nitrogens with one attached hydrogen (secondary N) is 1. The van der Waals surface area contributed by atoms with Gasteiger partial charge < -0.3 is 9.88 Å². The SMILES string of the molecule is CC(C)(C)Nc1ccc2cc(Br)c(CCC3CCC(n4ccc5cncnc54)C3)cc2n1. The Morgan fingerprint density at radius 3 is 2.84 bits per heavy atom. The lowest BCUT2D eigenvalue weighted by molar-refractivity contribution is 0.461. The summed E-state index contributed by atoms with van der Waals surface area (Å²) < 4.78 is 3.54. The van der Waals surface area contributed by atoms with Crippen LogP contribution in [-0.4, -0.2) is 25.1 Å². The molecular formula is C26H30BrN5. The fraction of sp³-hybridized carbons (Fsp3) is 0.423. The van der Waals surface area contributed by atoms with Crippen molar-refractivity contribution < 1.29 is 0 Å². The van der Waals surface area contributed by atoms with Crippen molar-refractivity contribution in [3.05, 3.63) is 59.1 Å². The first-order chi connectivity index (χ1) is 15.4. The zero-order chi connectivity index (χ0) is 22.3. The molecule has 0 saturated heterocycles. The van der Waals surface area contributed by atoms with Crippen LogP contribution in [0.2, 0.25) is 0 Å². The van der Waals surface area contributed by atoms with Crippen LogP contribution >= 0.6 is 15.9 Å². The summed E-state index contributed by atoms with van der Waals surface area (Å²) in [5.74, 6) is 1.67. The fourth-order valence-corrected chi connectivity index (χ4v) is 5.51. The van der Waals surface area contributed by atoms with E-state index in [1.54, 1.807) is 6.33 Å². The van der Waals surface area contributed by atoms with Gasteiger partial charge in [0.05, 0.1) is 5.52 Å². The molecule has 0 spiro atoms. The van der Waals surface area contributed by atoms with E-state index in [4.69, 9.17) is 4.98 Å². The minimum atomic E-state index is -0.00500. The molecule has 0 amide bonds. The molecule has 1 saturated carbocycles. The average Bonchev–Trinajstić information content (AvgIpc) is 3.38. The predicted molar refractivity (Wildman–Crippen MR) is 135 cm³/mol. The predicted octanol–water partition coefficient (Wildman–Crippen LogP) is 6.93. The minimum absolute atomic E-state index is 0.00500. The molecule has 0 aliphatic heterocycles. The van der Waals surface area contributed by atoms with E-state index in [2.05, 4.69) is 93.1 Å². The molecule has 5 rings (SSSR count). The van der Waals surface area contributed by atoms with Crippen LogP contribution in [0.4, 0.5) is 5.82 Å². The van der Waals surface area contributed by atoms with Crippen molar-refractivity contribution in [2.75, 3.05) is 5.32 Å². The van der Waals surface area contributed by atoms with Crippen LogP contribution < -0.4 is 5.32 Å². The Balaban J connectivity index is 1.28. The molecule has 4 aromatic rings. The van der Waals surface area contributed by atoms with Crippen LogP contribution in [-0.2, 0) is 6.42 Å². The van der Waals surface area contributed by atoms with Crippen LogP contribution in [0, 0.1) is 5.92 Å². The van der Waals surface area contributed by atoms with Crippen LogP contribution in [0.3, 0.4) is 0 Å². The number of anilines is 1. The van der Waals surface area contributed by atoms with E-state index in [1.165, 1.54) is 41.1 Å². The van der Waals surface area contributed by atoms with E-state index in [1.807, 2.05) is 6.20 Å². The highest BCUT2D eigenvalue weighted by molar-refractivity contribution is 9.10. The Kier molecular flexibility index (Phi) is 5.66. The smallest absolute Gasteiger partial charge is 0.143 e. The van der Waals surface area contributed by atoms with Gasteiger partial charge in [-0.05, 0) is 94.7 Å². The summed E-state index contributed by atoms with van der Waals surface area (Å²) in [6.45, 7) is 6.47. The first-order valence-electron chi connectivity index (χ1n) is 11.5. The van der Waals surface area contributed by atoms with Gasteiger partial charge in [-0.3, -0.25) is 0 Å². The van der Waals surface area contributed by atoms with Gasteiger partial charge in [-0.2, -0.15) is 0 Å². The number of benzene rings is 1. The van der Waals surface area contributed by atoms with E-state index in [0.717, 1.165) is 34.7 Å². The average molecular weight is 492 g/mol. The molecule has 0 bridgehead atoms. The summed E-state index contributed by atoms with van der Waals surface area (Å²) in [6.07, 6.45) is 11.7. The highest BCUT2D eigenvalue weighted by atomic mass is 79.9. The minimum Gasteiger partial charge on any atom is -0.365 e. The van der Waals surface area contributed by atoms with Crippen LogP contribution in [0.25, 0.3) is 21.9 Å². The second-order valence-corrected chi connectivity index (χ2v) is 11.0. The van der Waals surface area contributed by atoms with Crippen molar-refractivity contribution >= 4 is 43.7 Å². The maximum Gasteiger partial charge on any atom is 0.143 e. The molecule has 1 aliphatic carbocycles. The molecule has 2 atom stereocenters. The van der Waals surface area contributed by atoms with Gasteiger partial charge in [0.25, 0.3) is 0 Å². The molecule has 0 radical (unpaired) electrons. The number of hydrogen-bond acceptors (Lipinski definition) is 4. The molecule has 1 N–H and O–H groups in total. The lowest BCUT2D eigenvalue weighted by atomic mass is 9.97. The van der Waals surface area contributed by atoms with Crippen molar-refractivity contribution in [3.8, 4) is 0 Å². The molecule has 1 aliphatic rings. The van der Waals surface area contributed by atoms with Gasteiger partial charge >= 0.3 is 0 Å². The number of halogens is 1. The van der Waals surface area contributed by atoms with E-state index in [9.17, 15) is 0 Å². The van der Waals surface area contributed by atoms with Crippen LogP contribution in [0.15, 0.2) is 53.5 Å². The zero-order valence-corrected chi connectivity index (χ0v) is 20.6. The third-order valence-electron chi connectivity index (χ3n) is 6.47. The summed E-state index contributed by atoms with van der Waals surface area (Å²) in [6, 6.07) is 11.4. The first-order valence-corrected chi connectivity index (χ1v) is 12.3. The van der Waals surface area contributed by atoms with Crippen molar-refractivity contribution in [2.24, 2.45) is 5.92 Å². The maximum atomic E-state index is 4.87. The highest BCUT2D eigenvalue weighted by Crippen LogP contribution is 2.39. The lowest BCUT2D eigenvalue weighted by Gasteiger charge is -2.21. The molecule has 2 unspecified atom stereocenters. The Morgan fingerprint density at radius 2 is 2.00 bits per heavy atom. The molecule has 1 fully saturated rings. The van der Waals surface area contributed by atoms with Crippen LogP contribution in [0.5, 0.6) is 0 Å². The normalized spacial score (nSPS) is 19.1. The summed E-state index contributed by atoms with van der Waals surface area (Å²) in [5.41, 5.74) is 3.46.